The summed E-state index contributed by atoms with van der Waals surface area (Å²) in [6.45, 7) is 7.30. The SMILES string of the molecule is CNC1CCC(C(C)(C)C)CC1CC1CCCC1. The van der Waals surface area contributed by atoms with Gasteiger partial charge in [0.25, 0.3) is 0 Å². The van der Waals surface area contributed by atoms with Crippen LogP contribution in [0.5, 0.6) is 0 Å². The first-order valence-electron chi connectivity index (χ1n) is 8.18. The summed E-state index contributed by atoms with van der Waals surface area (Å²) < 4.78 is 0. The number of hydrogen-bond donors (Lipinski definition) is 1. The third kappa shape index (κ3) is 3.50. The van der Waals surface area contributed by atoms with E-state index in [0.717, 1.165) is 23.8 Å². The molecule has 2 aliphatic carbocycles. The Morgan fingerprint density at radius 3 is 2.22 bits per heavy atom. The second-order valence-corrected chi connectivity index (χ2v) is 7.92. The van der Waals surface area contributed by atoms with E-state index in [2.05, 4.69) is 33.1 Å². The molecule has 2 aliphatic rings. The number of rotatable bonds is 3. The van der Waals surface area contributed by atoms with E-state index in [-0.39, 0.29) is 0 Å². The zero-order chi connectivity index (χ0) is 13.2. The molecule has 0 radical (unpaired) electrons. The molecular weight excluding hydrogens is 218 g/mol. The Labute approximate surface area is 114 Å². The summed E-state index contributed by atoms with van der Waals surface area (Å²) in [6, 6.07) is 0.796. The summed E-state index contributed by atoms with van der Waals surface area (Å²) in [5, 5.41) is 3.60. The van der Waals surface area contributed by atoms with Gasteiger partial charge in [-0.15, -0.1) is 0 Å². The average Bonchev–Trinajstić information content (AvgIpc) is 2.80. The van der Waals surface area contributed by atoms with Crippen LogP contribution in [0.1, 0.15) is 72.1 Å². The van der Waals surface area contributed by atoms with E-state index in [1.807, 2.05) is 0 Å². The van der Waals surface area contributed by atoms with Crippen molar-refractivity contribution in [3.05, 3.63) is 0 Å². The van der Waals surface area contributed by atoms with Gasteiger partial charge >= 0.3 is 0 Å². The van der Waals surface area contributed by atoms with Crippen molar-refractivity contribution >= 4 is 0 Å². The molecule has 0 aromatic carbocycles. The predicted octanol–water partition coefficient (Wildman–Crippen LogP) is 4.62. The summed E-state index contributed by atoms with van der Waals surface area (Å²) in [6.07, 6.45) is 11.8. The third-order valence-electron chi connectivity index (χ3n) is 5.69. The van der Waals surface area contributed by atoms with Crippen LogP contribution in [0.25, 0.3) is 0 Å². The van der Waals surface area contributed by atoms with E-state index in [0.29, 0.717) is 5.41 Å². The van der Waals surface area contributed by atoms with Gasteiger partial charge in [-0.25, -0.2) is 0 Å². The normalized spacial score (nSPS) is 35.0. The van der Waals surface area contributed by atoms with Gasteiger partial charge < -0.3 is 5.32 Å². The van der Waals surface area contributed by atoms with Gasteiger partial charge in [-0.1, -0.05) is 46.5 Å². The first-order valence-corrected chi connectivity index (χ1v) is 8.18. The van der Waals surface area contributed by atoms with Crippen LogP contribution in [0.2, 0.25) is 0 Å². The lowest BCUT2D eigenvalue weighted by molar-refractivity contribution is 0.103. The Hall–Kier alpha value is -0.0400. The molecular formula is C17H33N. The Morgan fingerprint density at radius 1 is 1.00 bits per heavy atom. The summed E-state index contributed by atoms with van der Waals surface area (Å²) in [5.74, 6) is 2.93. The minimum absolute atomic E-state index is 0.507. The molecule has 1 nitrogen and oxygen atoms in total. The molecule has 18 heavy (non-hydrogen) atoms. The molecule has 2 rings (SSSR count). The molecule has 106 valence electrons. The molecule has 0 bridgehead atoms. The Kier molecular flexibility index (Phi) is 4.75. The van der Waals surface area contributed by atoms with Crippen LogP contribution in [0, 0.1) is 23.2 Å². The fraction of sp³-hybridized carbons (Fsp3) is 1.00. The first kappa shape index (κ1) is 14.4. The van der Waals surface area contributed by atoms with Gasteiger partial charge in [-0.05, 0) is 55.9 Å². The lowest BCUT2D eigenvalue weighted by atomic mass is 9.66. The van der Waals surface area contributed by atoms with Crippen molar-refractivity contribution in [2.24, 2.45) is 23.2 Å². The second kappa shape index (κ2) is 5.94. The highest BCUT2D eigenvalue weighted by Gasteiger charge is 2.36. The van der Waals surface area contributed by atoms with E-state index < -0.39 is 0 Å². The van der Waals surface area contributed by atoms with Crippen LogP contribution in [-0.4, -0.2) is 13.1 Å². The molecule has 2 fully saturated rings. The number of nitrogens with one attached hydrogen (secondary N) is 1. The minimum atomic E-state index is 0.507. The molecule has 1 heteroatoms. The van der Waals surface area contributed by atoms with Crippen LogP contribution in [0.15, 0.2) is 0 Å². The highest BCUT2D eigenvalue weighted by molar-refractivity contribution is 4.89. The van der Waals surface area contributed by atoms with Crippen LogP contribution < -0.4 is 5.32 Å². The van der Waals surface area contributed by atoms with E-state index in [1.165, 1.54) is 51.4 Å². The molecule has 0 saturated heterocycles. The molecule has 0 aromatic rings. The standard InChI is InChI=1S/C17H33N/c1-17(2,3)15-9-10-16(18-4)14(12-15)11-13-7-5-6-8-13/h13-16,18H,5-12H2,1-4H3. The van der Waals surface area contributed by atoms with Gasteiger partial charge in [0.2, 0.25) is 0 Å². The quantitative estimate of drug-likeness (QED) is 0.772. The third-order valence-corrected chi connectivity index (χ3v) is 5.69. The van der Waals surface area contributed by atoms with Gasteiger partial charge in [0, 0.05) is 6.04 Å². The predicted molar refractivity (Wildman–Crippen MR) is 79.7 cm³/mol. The molecule has 0 aromatic heterocycles. The van der Waals surface area contributed by atoms with Crippen molar-refractivity contribution in [3.63, 3.8) is 0 Å². The minimum Gasteiger partial charge on any atom is -0.317 e. The van der Waals surface area contributed by atoms with E-state index in [4.69, 9.17) is 0 Å². The second-order valence-electron chi connectivity index (χ2n) is 7.92. The molecule has 2 saturated carbocycles. The molecule has 3 atom stereocenters. The molecule has 0 heterocycles. The zero-order valence-electron chi connectivity index (χ0n) is 13.0. The average molecular weight is 251 g/mol. The molecule has 0 aliphatic heterocycles. The van der Waals surface area contributed by atoms with E-state index in [9.17, 15) is 0 Å². The number of hydrogen-bond acceptors (Lipinski definition) is 1. The summed E-state index contributed by atoms with van der Waals surface area (Å²) >= 11 is 0. The highest BCUT2D eigenvalue weighted by Crippen LogP contribution is 2.43. The smallest absolute Gasteiger partial charge is 0.00926 e. The van der Waals surface area contributed by atoms with Gasteiger partial charge in [-0.3, -0.25) is 0 Å². The van der Waals surface area contributed by atoms with Gasteiger partial charge in [-0.2, -0.15) is 0 Å². The Balaban J connectivity index is 1.94. The van der Waals surface area contributed by atoms with Gasteiger partial charge in [0.15, 0.2) is 0 Å². The van der Waals surface area contributed by atoms with Crippen molar-refractivity contribution < 1.29 is 0 Å². The largest absolute Gasteiger partial charge is 0.317 e. The van der Waals surface area contributed by atoms with Crippen LogP contribution in [0.3, 0.4) is 0 Å². The first-order chi connectivity index (χ1) is 8.50. The van der Waals surface area contributed by atoms with Crippen molar-refractivity contribution in [2.75, 3.05) is 7.05 Å². The van der Waals surface area contributed by atoms with Crippen molar-refractivity contribution in [2.45, 2.75) is 78.2 Å². The summed E-state index contributed by atoms with van der Waals surface area (Å²) in [5.41, 5.74) is 0.507. The maximum absolute atomic E-state index is 3.60. The monoisotopic (exact) mass is 251 g/mol. The molecule has 0 amide bonds. The fourth-order valence-electron chi connectivity index (χ4n) is 4.37. The molecule has 0 spiro atoms. The lowest BCUT2D eigenvalue weighted by Gasteiger charge is -2.42. The Bertz CT molecular complexity index is 247. The van der Waals surface area contributed by atoms with Gasteiger partial charge in [0.05, 0.1) is 0 Å². The topological polar surface area (TPSA) is 12.0 Å². The van der Waals surface area contributed by atoms with E-state index >= 15 is 0 Å². The highest BCUT2D eigenvalue weighted by atomic mass is 14.9. The molecule has 3 unspecified atom stereocenters. The van der Waals surface area contributed by atoms with E-state index in [1.54, 1.807) is 0 Å². The summed E-state index contributed by atoms with van der Waals surface area (Å²) in [7, 11) is 2.17. The maximum Gasteiger partial charge on any atom is 0.00926 e. The molecule has 1 N–H and O–H groups in total. The Morgan fingerprint density at radius 2 is 1.67 bits per heavy atom. The van der Waals surface area contributed by atoms with Gasteiger partial charge in [0.1, 0.15) is 0 Å². The summed E-state index contributed by atoms with van der Waals surface area (Å²) in [4.78, 5) is 0. The zero-order valence-corrected chi connectivity index (χ0v) is 13.0. The van der Waals surface area contributed by atoms with Crippen LogP contribution in [-0.2, 0) is 0 Å². The van der Waals surface area contributed by atoms with Crippen molar-refractivity contribution in [1.82, 2.24) is 5.32 Å². The van der Waals surface area contributed by atoms with Crippen molar-refractivity contribution in [3.8, 4) is 0 Å². The lowest BCUT2D eigenvalue weighted by Crippen LogP contribution is -2.42. The van der Waals surface area contributed by atoms with Crippen LogP contribution >= 0.6 is 0 Å². The fourth-order valence-corrected chi connectivity index (χ4v) is 4.37. The van der Waals surface area contributed by atoms with Crippen LogP contribution in [0.4, 0.5) is 0 Å². The van der Waals surface area contributed by atoms with Crippen molar-refractivity contribution in [1.29, 1.82) is 0 Å². The maximum atomic E-state index is 3.60.